The van der Waals surface area contributed by atoms with Crippen LogP contribution in [0.25, 0.3) is 0 Å². The van der Waals surface area contributed by atoms with Gasteiger partial charge in [-0.3, -0.25) is 0 Å². The van der Waals surface area contributed by atoms with Crippen molar-refractivity contribution in [3.05, 3.63) is 23.3 Å². The first-order valence-corrected chi connectivity index (χ1v) is 7.63. The average molecular weight is 299 g/mol. The van der Waals surface area contributed by atoms with Crippen molar-refractivity contribution in [3.8, 4) is 0 Å². The van der Waals surface area contributed by atoms with Crippen LogP contribution in [-0.4, -0.2) is 28.7 Å². The summed E-state index contributed by atoms with van der Waals surface area (Å²) in [6, 6.07) is 0.715. The van der Waals surface area contributed by atoms with Crippen molar-refractivity contribution >= 4 is 0 Å². The Bertz CT molecular complexity index is 497. The summed E-state index contributed by atoms with van der Waals surface area (Å²) in [6.07, 6.45) is 2.05. The molecule has 1 heterocycles. The lowest BCUT2D eigenvalue weighted by molar-refractivity contribution is -0.134. The highest BCUT2D eigenvalue weighted by atomic mass is 19.4. The van der Waals surface area contributed by atoms with Crippen molar-refractivity contribution in [2.45, 2.75) is 57.2 Å². The van der Waals surface area contributed by atoms with Gasteiger partial charge in [-0.15, -0.1) is 0 Å². The summed E-state index contributed by atoms with van der Waals surface area (Å²) in [5.74, 6) is 0.920. The van der Waals surface area contributed by atoms with E-state index in [-0.39, 0.29) is 6.42 Å². The number of alkyl halides is 3. The molecule has 21 heavy (non-hydrogen) atoms. The smallest absolute Gasteiger partial charge is 0.314 e. The summed E-state index contributed by atoms with van der Waals surface area (Å²) in [6.45, 7) is 1.03. The van der Waals surface area contributed by atoms with E-state index in [9.17, 15) is 13.2 Å². The fraction of sp³-hybridized carbons (Fsp3) is 0.733. The summed E-state index contributed by atoms with van der Waals surface area (Å²) in [5.41, 5.74) is 2.06. The van der Waals surface area contributed by atoms with E-state index >= 15 is 0 Å². The van der Waals surface area contributed by atoms with Crippen molar-refractivity contribution in [2.75, 3.05) is 6.54 Å². The summed E-state index contributed by atoms with van der Waals surface area (Å²) in [4.78, 5) is 8.43. The van der Waals surface area contributed by atoms with Crippen molar-refractivity contribution < 1.29 is 13.2 Å². The lowest BCUT2D eigenvalue weighted by atomic mass is 9.87. The summed E-state index contributed by atoms with van der Waals surface area (Å²) in [7, 11) is 0. The van der Waals surface area contributed by atoms with Gasteiger partial charge in [0.2, 0.25) is 0 Å². The SMILES string of the molecule is FC(F)(F)CCc1ncc2c(n1)CCC(CNC1CC1)C2. The molecule has 1 saturated carbocycles. The topological polar surface area (TPSA) is 37.8 Å². The van der Waals surface area contributed by atoms with Crippen LogP contribution in [-0.2, 0) is 19.3 Å². The molecule has 2 aliphatic carbocycles. The maximum Gasteiger partial charge on any atom is 0.389 e. The molecule has 0 spiro atoms. The number of nitrogens with zero attached hydrogens (tertiary/aromatic N) is 2. The van der Waals surface area contributed by atoms with Gasteiger partial charge in [0.1, 0.15) is 5.82 Å². The number of aryl methyl sites for hydroxylation is 2. The molecular weight excluding hydrogens is 279 g/mol. The van der Waals surface area contributed by atoms with E-state index < -0.39 is 12.6 Å². The number of rotatable bonds is 5. The number of hydrogen-bond acceptors (Lipinski definition) is 3. The highest BCUT2D eigenvalue weighted by Crippen LogP contribution is 2.26. The van der Waals surface area contributed by atoms with Crippen LogP contribution in [0.1, 0.15) is 42.8 Å². The Morgan fingerprint density at radius 2 is 2.05 bits per heavy atom. The molecular formula is C15H20F3N3. The van der Waals surface area contributed by atoms with Crippen LogP contribution in [0.3, 0.4) is 0 Å². The fourth-order valence-corrected chi connectivity index (χ4v) is 2.79. The minimum absolute atomic E-state index is 0.122. The molecule has 6 heteroatoms. The quantitative estimate of drug-likeness (QED) is 0.908. The van der Waals surface area contributed by atoms with Gasteiger partial charge in [0, 0.05) is 24.4 Å². The Morgan fingerprint density at radius 1 is 1.24 bits per heavy atom. The van der Waals surface area contributed by atoms with Crippen LogP contribution >= 0.6 is 0 Å². The Hall–Kier alpha value is -1.17. The molecule has 116 valence electrons. The molecule has 1 unspecified atom stereocenters. The maximum absolute atomic E-state index is 12.2. The highest BCUT2D eigenvalue weighted by molar-refractivity contribution is 5.21. The van der Waals surface area contributed by atoms with Gasteiger partial charge in [0.15, 0.2) is 0 Å². The molecule has 0 aromatic carbocycles. The second-order valence-corrected chi connectivity index (χ2v) is 6.16. The molecule has 1 aromatic heterocycles. The number of fused-ring (bicyclic) bond motifs is 1. The molecule has 0 bridgehead atoms. The van der Waals surface area contributed by atoms with Crippen LogP contribution in [0, 0.1) is 5.92 Å². The largest absolute Gasteiger partial charge is 0.389 e. The first kappa shape index (κ1) is 14.8. The van der Waals surface area contributed by atoms with Crippen molar-refractivity contribution in [2.24, 2.45) is 5.92 Å². The Morgan fingerprint density at radius 3 is 2.76 bits per heavy atom. The van der Waals surface area contributed by atoms with Crippen molar-refractivity contribution in [1.82, 2.24) is 15.3 Å². The normalized spacial score (nSPS) is 22.1. The standard InChI is InChI=1S/C15H20F3N3/c16-15(17,18)6-5-14-20-9-11-7-10(1-4-13(11)21-14)8-19-12-2-3-12/h9-10,12,19H,1-8H2. The zero-order chi connectivity index (χ0) is 14.9. The zero-order valence-corrected chi connectivity index (χ0v) is 11.9. The van der Waals surface area contributed by atoms with Crippen LogP contribution < -0.4 is 5.32 Å². The van der Waals surface area contributed by atoms with E-state index in [0.717, 1.165) is 37.1 Å². The van der Waals surface area contributed by atoms with E-state index in [2.05, 4.69) is 15.3 Å². The van der Waals surface area contributed by atoms with Gasteiger partial charge >= 0.3 is 6.18 Å². The first-order chi connectivity index (χ1) is 9.99. The van der Waals surface area contributed by atoms with Gasteiger partial charge in [-0.2, -0.15) is 13.2 Å². The average Bonchev–Trinajstić information content (AvgIpc) is 3.26. The van der Waals surface area contributed by atoms with Crippen molar-refractivity contribution in [1.29, 1.82) is 0 Å². The van der Waals surface area contributed by atoms with Gasteiger partial charge < -0.3 is 5.32 Å². The fourth-order valence-electron chi connectivity index (χ4n) is 2.79. The monoisotopic (exact) mass is 299 g/mol. The van der Waals surface area contributed by atoms with E-state index in [1.165, 1.54) is 12.8 Å². The molecule has 3 rings (SSSR count). The molecule has 0 radical (unpaired) electrons. The molecule has 3 nitrogen and oxygen atoms in total. The lowest BCUT2D eigenvalue weighted by Gasteiger charge is -2.24. The van der Waals surface area contributed by atoms with Crippen LogP contribution in [0.4, 0.5) is 13.2 Å². The Balaban J connectivity index is 1.56. The molecule has 1 atom stereocenters. The minimum atomic E-state index is -4.14. The Kier molecular flexibility index (Phi) is 4.15. The third-order valence-corrected chi connectivity index (χ3v) is 4.21. The van der Waals surface area contributed by atoms with Gasteiger partial charge in [0.25, 0.3) is 0 Å². The highest BCUT2D eigenvalue weighted by Gasteiger charge is 2.28. The summed E-state index contributed by atoms with van der Waals surface area (Å²) < 4.78 is 36.7. The molecule has 1 fully saturated rings. The van der Waals surface area contributed by atoms with Gasteiger partial charge in [0.05, 0.1) is 6.42 Å². The molecule has 2 aliphatic rings. The molecule has 1 N–H and O–H groups in total. The Labute approximate surface area is 122 Å². The second-order valence-electron chi connectivity index (χ2n) is 6.16. The third-order valence-electron chi connectivity index (χ3n) is 4.21. The van der Waals surface area contributed by atoms with Gasteiger partial charge in [-0.1, -0.05) is 0 Å². The first-order valence-electron chi connectivity index (χ1n) is 7.63. The van der Waals surface area contributed by atoms with Crippen LogP contribution in [0.2, 0.25) is 0 Å². The molecule has 1 aromatic rings. The van der Waals surface area contributed by atoms with E-state index in [1.807, 2.05) is 0 Å². The second kappa shape index (κ2) is 5.91. The number of hydrogen-bond donors (Lipinski definition) is 1. The van der Waals surface area contributed by atoms with Gasteiger partial charge in [-0.05, 0) is 50.1 Å². The minimum Gasteiger partial charge on any atom is -0.314 e. The summed E-state index contributed by atoms with van der Waals surface area (Å²) in [5, 5.41) is 3.54. The van der Waals surface area contributed by atoms with E-state index in [1.54, 1.807) is 6.20 Å². The maximum atomic E-state index is 12.2. The molecule has 0 saturated heterocycles. The number of aromatic nitrogens is 2. The predicted molar refractivity (Wildman–Crippen MR) is 72.9 cm³/mol. The number of halogens is 3. The summed E-state index contributed by atoms with van der Waals surface area (Å²) >= 11 is 0. The van der Waals surface area contributed by atoms with E-state index in [4.69, 9.17) is 0 Å². The lowest BCUT2D eigenvalue weighted by Crippen LogP contribution is -2.29. The third kappa shape index (κ3) is 4.40. The van der Waals surface area contributed by atoms with Crippen molar-refractivity contribution in [3.63, 3.8) is 0 Å². The zero-order valence-electron chi connectivity index (χ0n) is 11.9. The van der Waals surface area contributed by atoms with Crippen LogP contribution in [0.5, 0.6) is 0 Å². The molecule has 0 amide bonds. The predicted octanol–water partition coefficient (Wildman–Crippen LogP) is 2.83. The van der Waals surface area contributed by atoms with Crippen LogP contribution in [0.15, 0.2) is 6.20 Å². The number of nitrogens with one attached hydrogen (secondary N) is 1. The van der Waals surface area contributed by atoms with E-state index in [0.29, 0.717) is 17.8 Å². The molecule has 0 aliphatic heterocycles. The van der Waals surface area contributed by atoms with Gasteiger partial charge in [-0.25, -0.2) is 9.97 Å².